The molecule has 0 aliphatic rings. The summed E-state index contributed by atoms with van der Waals surface area (Å²) in [7, 11) is 0. The zero-order valence-corrected chi connectivity index (χ0v) is 14.7. The minimum absolute atomic E-state index is 0.364. The first-order valence-corrected chi connectivity index (χ1v) is 8.60. The molecule has 0 aliphatic carbocycles. The van der Waals surface area contributed by atoms with Crippen LogP contribution in [0.3, 0.4) is 0 Å². The highest BCUT2D eigenvalue weighted by Gasteiger charge is 2.13. The summed E-state index contributed by atoms with van der Waals surface area (Å²) in [5.74, 6) is -0.743. The first kappa shape index (κ1) is 17.5. The monoisotopic (exact) mass is 370 g/mol. The lowest BCUT2D eigenvalue weighted by atomic mass is 10.0. The molecule has 0 bridgehead atoms. The van der Waals surface area contributed by atoms with E-state index in [0.29, 0.717) is 27.7 Å². The maximum absolute atomic E-state index is 13.2. The molecule has 4 aromatic rings. The van der Waals surface area contributed by atoms with E-state index in [1.165, 1.54) is 18.3 Å². The van der Waals surface area contributed by atoms with Crippen molar-refractivity contribution in [3.8, 4) is 11.3 Å². The van der Waals surface area contributed by atoms with E-state index < -0.39 is 0 Å². The third-order valence-electron chi connectivity index (χ3n) is 4.15. The quantitative estimate of drug-likeness (QED) is 0.432. The molecule has 1 amide bonds. The molecule has 2 aromatic heterocycles. The molecule has 5 nitrogen and oxygen atoms in total. The molecule has 0 radical (unpaired) electrons. The van der Waals surface area contributed by atoms with Crippen LogP contribution in [0.1, 0.15) is 15.9 Å². The first-order chi connectivity index (χ1) is 13.7. The smallest absolute Gasteiger partial charge is 0.267 e. The highest BCUT2D eigenvalue weighted by Crippen LogP contribution is 2.24. The van der Waals surface area contributed by atoms with Gasteiger partial charge in [0.25, 0.3) is 5.91 Å². The second-order valence-corrected chi connectivity index (χ2v) is 6.07. The van der Waals surface area contributed by atoms with E-state index in [2.05, 4.69) is 20.5 Å². The third-order valence-corrected chi connectivity index (χ3v) is 4.15. The molecule has 136 valence electrons. The van der Waals surface area contributed by atoms with Crippen molar-refractivity contribution in [1.29, 1.82) is 0 Å². The molecular weight excluding hydrogens is 355 g/mol. The van der Waals surface area contributed by atoms with Crippen molar-refractivity contribution in [2.24, 2.45) is 5.10 Å². The molecule has 0 aliphatic heterocycles. The number of halogens is 1. The molecule has 0 fully saturated rings. The number of hydrogen-bond donors (Lipinski definition) is 1. The van der Waals surface area contributed by atoms with Gasteiger partial charge in [-0.2, -0.15) is 5.10 Å². The first-order valence-electron chi connectivity index (χ1n) is 8.60. The van der Waals surface area contributed by atoms with E-state index in [-0.39, 0.29) is 11.7 Å². The average molecular weight is 370 g/mol. The number of carbonyl (C=O) groups is 1. The van der Waals surface area contributed by atoms with Gasteiger partial charge in [-0.05, 0) is 42.0 Å². The minimum Gasteiger partial charge on any atom is -0.267 e. The van der Waals surface area contributed by atoms with Crippen molar-refractivity contribution in [3.05, 3.63) is 96.1 Å². The van der Waals surface area contributed by atoms with Gasteiger partial charge in [0.05, 0.1) is 23.0 Å². The lowest BCUT2D eigenvalue weighted by Crippen LogP contribution is -2.18. The summed E-state index contributed by atoms with van der Waals surface area (Å²) in [5.41, 5.74) is 5.65. The second kappa shape index (κ2) is 7.75. The SMILES string of the molecule is O=C(NN=Cc1cccc(F)c1)c1cc(-c2cccnc2)nc2ccccc12. The molecule has 4 rings (SSSR count). The predicted molar refractivity (Wildman–Crippen MR) is 106 cm³/mol. The summed E-state index contributed by atoms with van der Waals surface area (Å²) in [4.78, 5) is 21.5. The van der Waals surface area contributed by atoms with Crippen LogP contribution in [0.15, 0.2) is 84.2 Å². The van der Waals surface area contributed by atoms with Crippen LogP contribution in [0.5, 0.6) is 0 Å². The van der Waals surface area contributed by atoms with E-state index in [1.54, 1.807) is 30.6 Å². The fourth-order valence-corrected chi connectivity index (χ4v) is 2.84. The topological polar surface area (TPSA) is 67.2 Å². The van der Waals surface area contributed by atoms with Gasteiger partial charge in [0.15, 0.2) is 0 Å². The number of aromatic nitrogens is 2. The zero-order chi connectivity index (χ0) is 19.3. The summed E-state index contributed by atoms with van der Waals surface area (Å²) in [6.07, 6.45) is 4.77. The number of rotatable bonds is 4. The van der Waals surface area contributed by atoms with E-state index in [0.717, 1.165) is 5.56 Å². The molecule has 6 heteroatoms. The Labute approximate surface area is 160 Å². The Morgan fingerprint density at radius 1 is 1.04 bits per heavy atom. The van der Waals surface area contributed by atoms with E-state index >= 15 is 0 Å². The Morgan fingerprint density at radius 3 is 2.75 bits per heavy atom. The van der Waals surface area contributed by atoms with Crippen LogP contribution >= 0.6 is 0 Å². The molecule has 0 spiro atoms. The predicted octanol–water partition coefficient (Wildman–Crippen LogP) is 4.20. The van der Waals surface area contributed by atoms with Crippen LogP contribution in [0.25, 0.3) is 22.2 Å². The van der Waals surface area contributed by atoms with E-state index in [9.17, 15) is 9.18 Å². The van der Waals surface area contributed by atoms with Crippen molar-refractivity contribution < 1.29 is 9.18 Å². The summed E-state index contributed by atoms with van der Waals surface area (Å²) in [6, 6.07) is 18.8. The Kier molecular flexibility index (Phi) is 4.84. The maximum atomic E-state index is 13.2. The van der Waals surface area contributed by atoms with Crippen molar-refractivity contribution in [2.75, 3.05) is 0 Å². The van der Waals surface area contributed by atoms with Crippen molar-refractivity contribution >= 4 is 23.0 Å². The molecule has 1 N–H and O–H groups in total. The Balaban J connectivity index is 1.67. The summed E-state index contributed by atoms with van der Waals surface area (Å²) in [5, 5.41) is 4.66. The van der Waals surface area contributed by atoms with Crippen LogP contribution in [-0.4, -0.2) is 22.1 Å². The van der Waals surface area contributed by atoms with Gasteiger partial charge in [0.1, 0.15) is 5.82 Å². The molecule has 0 saturated carbocycles. The second-order valence-electron chi connectivity index (χ2n) is 6.07. The summed E-state index contributed by atoms with van der Waals surface area (Å²) in [6.45, 7) is 0. The van der Waals surface area contributed by atoms with Crippen LogP contribution in [-0.2, 0) is 0 Å². The number of amides is 1. The zero-order valence-electron chi connectivity index (χ0n) is 14.7. The highest BCUT2D eigenvalue weighted by atomic mass is 19.1. The number of nitrogens with zero attached hydrogens (tertiary/aromatic N) is 3. The minimum atomic E-state index is -0.378. The summed E-state index contributed by atoms with van der Waals surface area (Å²) < 4.78 is 13.2. The number of fused-ring (bicyclic) bond motifs is 1. The Hall–Kier alpha value is -3.93. The Morgan fingerprint density at radius 2 is 1.93 bits per heavy atom. The van der Waals surface area contributed by atoms with Crippen molar-refractivity contribution in [3.63, 3.8) is 0 Å². The molecule has 28 heavy (non-hydrogen) atoms. The van der Waals surface area contributed by atoms with Crippen LogP contribution in [0.4, 0.5) is 4.39 Å². The fraction of sp³-hybridized carbons (Fsp3) is 0. The fourth-order valence-electron chi connectivity index (χ4n) is 2.84. The number of nitrogens with one attached hydrogen (secondary N) is 1. The maximum Gasteiger partial charge on any atom is 0.272 e. The van der Waals surface area contributed by atoms with Crippen molar-refractivity contribution in [1.82, 2.24) is 15.4 Å². The lowest BCUT2D eigenvalue weighted by molar-refractivity contribution is 0.0956. The number of carbonyl (C=O) groups excluding carboxylic acids is 1. The van der Waals surface area contributed by atoms with Gasteiger partial charge in [-0.25, -0.2) is 14.8 Å². The van der Waals surface area contributed by atoms with Crippen LogP contribution < -0.4 is 5.43 Å². The number of hydrogen-bond acceptors (Lipinski definition) is 4. The standard InChI is InChI=1S/C22H15FN4O/c23-17-7-3-5-15(11-17)13-25-27-22(28)19-12-21(16-6-4-10-24-14-16)26-20-9-2-1-8-18(19)20/h1-14H,(H,27,28). The van der Waals surface area contributed by atoms with E-state index in [1.807, 2.05) is 36.4 Å². The average Bonchev–Trinajstić information content (AvgIpc) is 2.73. The molecular formula is C22H15FN4O. The van der Waals surface area contributed by atoms with Crippen LogP contribution in [0, 0.1) is 5.82 Å². The summed E-state index contributed by atoms with van der Waals surface area (Å²) >= 11 is 0. The van der Waals surface area contributed by atoms with Gasteiger partial charge in [-0.1, -0.05) is 30.3 Å². The number of benzene rings is 2. The van der Waals surface area contributed by atoms with Gasteiger partial charge in [-0.3, -0.25) is 9.78 Å². The molecule has 2 aromatic carbocycles. The molecule has 0 atom stereocenters. The number of pyridine rings is 2. The van der Waals surface area contributed by atoms with Gasteiger partial charge >= 0.3 is 0 Å². The van der Waals surface area contributed by atoms with Gasteiger partial charge in [-0.15, -0.1) is 0 Å². The number of para-hydroxylation sites is 1. The van der Waals surface area contributed by atoms with Gasteiger partial charge in [0.2, 0.25) is 0 Å². The van der Waals surface area contributed by atoms with Gasteiger partial charge in [0, 0.05) is 23.3 Å². The normalized spacial score (nSPS) is 11.0. The lowest BCUT2D eigenvalue weighted by Gasteiger charge is -2.08. The molecule has 2 heterocycles. The van der Waals surface area contributed by atoms with Crippen LogP contribution in [0.2, 0.25) is 0 Å². The Bertz CT molecular complexity index is 1180. The largest absolute Gasteiger partial charge is 0.272 e. The highest BCUT2D eigenvalue weighted by molar-refractivity contribution is 6.07. The third kappa shape index (κ3) is 3.76. The van der Waals surface area contributed by atoms with E-state index in [4.69, 9.17) is 0 Å². The van der Waals surface area contributed by atoms with Gasteiger partial charge < -0.3 is 0 Å². The van der Waals surface area contributed by atoms with Crippen molar-refractivity contribution in [2.45, 2.75) is 0 Å². The molecule has 0 unspecified atom stereocenters. The molecule has 0 saturated heterocycles. The number of hydrazone groups is 1.